The third-order valence-electron chi connectivity index (χ3n) is 3.95. The van der Waals surface area contributed by atoms with Gasteiger partial charge in [-0.25, -0.2) is 0 Å². The summed E-state index contributed by atoms with van der Waals surface area (Å²) in [5.41, 5.74) is 0.787. The molecule has 2 unspecified atom stereocenters. The van der Waals surface area contributed by atoms with Crippen LogP contribution in [0.25, 0.3) is 0 Å². The van der Waals surface area contributed by atoms with Crippen LogP contribution in [0.15, 0.2) is 18.2 Å². The monoisotopic (exact) mass is 249 g/mol. The number of phenols is 1. The number of nitrogens with zero attached hydrogens (tertiary/aromatic N) is 1. The van der Waals surface area contributed by atoms with Gasteiger partial charge >= 0.3 is 0 Å². The smallest absolute Gasteiger partial charge is 0.128 e. The quantitative estimate of drug-likeness (QED) is 0.795. The van der Waals surface area contributed by atoms with Crippen molar-refractivity contribution in [1.29, 1.82) is 0 Å². The molecule has 0 spiro atoms. The summed E-state index contributed by atoms with van der Waals surface area (Å²) in [5, 5.41) is 19.9. The SMILES string of the molecule is Oc1ccc2c(c1)OCC(N1CCCCC1)C2O. The first-order valence-corrected chi connectivity index (χ1v) is 6.63. The normalized spacial score (nSPS) is 28.5. The van der Waals surface area contributed by atoms with Crippen molar-refractivity contribution in [2.75, 3.05) is 19.7 Å². The fourth-order valence-electron chi connectivity index (χ4n) is 2.92. The number of hydrogen-bond acceptors (Lipinski definition) is 4. The number of aromatic hydroxyl groups is 1. The first kappa shape index (κ1) is 11.8. The van der Waals surface area contributed by atoms with Gasteiger partial charge in [0.2, 0.25) is 0 Å². The number of ether oxygens (including phenoxy) is 1. The van der Waals surface area contributed by atoms with Crippen molar-refractivity contribution in [2.45, 2.75) is 31.4 Å². The first-order chi connectivity index (χ1) is 8.75. The molecule has 2 N–H and O–H groups in total. The molecule has 3 rings (SSSR count). The lowest BCUT2D eigenvalue weighted by Gasteiger charge is -2.40. The van der Waals surface area contributed by atoms with Crippen molar-refractivity contribution in [1.82, 2.24) is 4.90 Å². The minimum absolute atomic E-state index is 0.0438. The average molecular weight is 249 g/mol. The van der Waals surface area contributed by atoms with Crippen LogP contribution < -0.4 is 4.74 Å². The zero-order valence-corrected chi connectivity index (χ0v) is 10.4. The molecule has 1 aromatic rings. The van der Waals surface area contributed by atoms with Crippen LogP contribution in [0.3, 0.4) is 0 Å². The van der Waals surface area contributed by atoms with Gasteiger partial charge in [-0.05, 0) is 38.1 Å². The van der Waals surface area contributed by atoms with Crippen molar-refractivity contribution in [3.63, 3.8) is 0 Å². The number of likely N-dealkylation sites (tertiary alicyclic amines) is 1. The predicted octanol–water partition coefficient (Wildman–Crippen LogP) is 1.67. The van der Waals surface area contributed by atoms with E-state index in [2.05, 4.69) is 4.90 Å². The summed E-state index contributed by atoms with van der Waals surface area (Å²) in [7, 11) is 0. The Morgan fingerprint density at radius 3 is 2.72 bits per heavy atom. The number of piperidine rings is 1. The molecule has 4 heteroatoms. The fraction of sp³-hybridized carbons (Fsp3) is 0.571. The maximum Gasteiger partial charge on any atom is 0.128 e. The second-order valence-electron chi connectivity index (χ2n) is 5.14. The maximum absolute atomic E-state index is 10.5. The summed E-state index contributed by atoms with van der Waals surface area (Å²) in [6.07, 6.45) is 3.16. The van der Waals surface area contributed by atoms with E-state index in [4.69, 9.17) is 4.74 Å². The Hall–Kier alpha value is -1.26. The number of hydrogen-bond donors (Lipinski definition) is 2. The van der Waals surface area contributed by atoms with Crippen LogP contribution in [-0.4, -0.2) is 40.9 Å². The Morgan fingerprint density at radius 1 is 1.17 bits per heavy atom. The topological polar surface area (TPSA) is 52.9 Å². The number of rotatable bonds is 1. The van der Waals surface area contributed by atoms with E-state index in [0.717, 1.165) is 18.7 Å². The second-order valence-corrected chi connectivity index (χ2v) is 5.14. The molecule has 2 atom stereocenters. The molecule has 0 aliphatic carbocycles. The van der Waals surface area contributed by atoms with E-state index >= 15 is 0 Å². The molecule has 18 heavy (non-hydrogen) atoms. The minimum Gasteiger partial charge on any atom is -0.508 e. The lowest BCUT2D eigenvalue weighted by molar-refractivity contribution is -0.00442. The van der Waals surface area contributed by atoms with Gasteiger partial charge in [0.05, 0.1) is 6.04 Å². The molecule has 1 saturated heterocycles. The minimum atomic E-state index is -0.521. The maximum atomic E-state index is 10.5. The van der Waals surface area contributed by atoms with E-state index in [-0.39, 0.29) is 11.8 Å². The van der Waals surface area contributed by atoms with E-state index in [0.29, 0.717) is 12.4 Å². The Kier molecular flexibility index (Phi) is 3.14. The zero-order valence-electron chi connectivity index (χ0n) is 10.4. The molecule has 4 nitrogen and oxygen atoms in total. The third-order valence-corrected chi connectivity index (χ3v) is 3.95. The highest BCUT2D eigenvalue weighted by molar-refractivity contribution is 5.43. The van der Waals surface area contributed by atoms with Crippen LogP contribution in [0.1, 0.15) is 30.9 Å². The van der Waals surface area contributed by atoms with Crippen molar-refractivity contribution in [3.8, 4) is 11.5 Å². The van der Waals surface area contributed by atoms with Crippen LogP contribution >= 0.6 is 0 Å². The van der Waals surface area contributed by atoms with Crippen LogP contribution in [-0.2, 0) is 0 Å². The predicted molar refractivity (Wildman–Crippen MR) is 67.8 cm³/mol. The zero-order chi connectivity index (χ0) is 12.5. The molecule has 1 aromatic carbocycles. The highest BCUT2D eigenvalue weighted by Gasteiger charge is 2.34. The lowest BCUT2D eigenvalue weighted by atomic mass is 9.96. The molecule has 1 fully saturated rings. The molecule has 0 saturated carbocycles. The summed E-state index contributed by atoms with van der Waals surface area (Å²) >= 11 is 0. The van der Waals surface area contributed by atoms with Gasteiger partial charge in [-0.2, -0.15) is 0 Å². The molecule has 0 radical (unpaired) electrons. The molecule has 2 heterocycles. The van der Waals surface area contributed by atoms with E-state index in [9.17, 15) is 10.2 Å². The van der Waals surface area contributed by atoms with Crippen LogP contribution in [0.5, 0.6) is 11.5 Å². The third kappa shape index (κ3) is 2.06. The number of phenolic OH excluding ortho intramolecular Hbond substituents is 1. The van der Waals surface area contributed by atoms with E-state index < -0.39 is 6.10 Å². The van der Waals surface area contributed by atoms with Crippen molar-refractivity contribution in [2.24, 2.45) is 0 Å². The Balaban J connectivity index is 1.82. The van der Waals surface area contributed by atoms with Crippen molar-refractivity contribution < 1.29 is 14.9 Å². The van der Waals surface area contributed by atoms with Crippen LogP contribution in [0.2, 0.25) is 0 Å². The molecular formula is C14H19NO3. The van der Waals surface area contributed by atoms with Crippen LogP contribution in [0, 0.1) is 0 Å². The Labute approximate surface area is 107 Å². The molecule has 98 valence electrons. The van der Waals surface area contributed by atoms with E-state index in [1.165, 1.54) is 19.3 Å². The first-order valence-electron chi connectivity index (χ1n) is 6.63. The number of aliphatic hydroxyl groups is 1. The Bertz CT molecular complexity index is 429. The van der Waals surface area contributed by atoms with Crippen molar-refractivity contribution in [3.05, 3.63) is 23.8 Å². The second kappa shape index (κ2) is 4.78. The standard InChI is InChI=1S/C14H19NO3/c16-10-4-5-11-13(8-10)18-9-12(14(11)17)15-6-2-1-3-7-15/h4-5,8,12,14,16-17H,1-3,6-7,9H2. The van der Waals surface area contributed by atoms with Gasteiger partial charge < -0.3 is 14.9 Å². The summed E-state index contributed by atoms with van der Waals surface area (Å²) < 4.78 is 5.68. The van der Waals surface area contributed by atoms with Gasteiger partial charge in [0, 0.05) is 11.6 Å². The molecule has 0 bridgehead atoms. The molecule has 0 aromatic heterocycles. The van der Waals surface area contributed by atoms with Gasteiger partial charge in [-0.15, -0.1) is 0 Å². The molecule has 0 amide bonds. The lowest BCUT2D eigenvalue weighted by Crippen LogP contribution is -2.48. The van der Waals surface area contributed by atoms with E-state index in [1.54, 1.807) is 18.2 Å². The summed E-state index contributed by atoms with van der Waals surface area (Å²) in [6.45, 7) is 2.58. The van der Waals surface area contributed by atoms with E-state index in [1.807, 2.05) is 0 Å². The Morgan fingerprint density at radius 2 is 1.94 bits per heavy atom. The summed E-state index contributed by atoms with van der Waals surface area (Å²) in [4.78, 5) is 2.32. The number of aliphatic hydroxyl groups excluding tert-OH is 1. The largest absolute Gasteiger partial charge is 0.508 e. The highest BCUT2D eigenvalue weighted by atomic mass is 16.5. The van der Waals surface area contributed by atoms with Gasteiger partial charge in [0.1, 0.15) is 24.2 Å². The van der Waals surface area contributed by atoms with Gasteiger partial charge in [-0.1, -0.05) is 6.42 Å². The number of fused-ring (bicyclic) bond motifs is 1. The average Bonchev–Trinajstić information content (AvgIpc) is 2.40. The molecular weight excluding hydrogens is 230 g/mol. The molecule has 2 aliphatic heterocycles. The fourth-order valence-corrected chi connectivity index (χ4v) is 2.92. The number of benzene rings is 1. The summed E-state index contributed by atoms with van der Waals surface area (Å²) in [5.74, 6) is 0.785. The van der Waals surface area contributed by atoms with Gasteiger partial charge in [0.15, 0.2) is 0 Å². The summed E-state index contributed by atoms with van der Waals surface area (Å²) in [6, 6.07) is 4.97. The molecule has 2 aliphatic rings. The van der Waals surface area contributed by atoms with Crippen LogP contribution in [0.4, 0.5) is 0 Å². The van der Waals surface area contributed by atoms with Gasteiger partial charge in [-0.3, -0.25) is 4.90 Å². The van der Waals surface area contributed by atoms with Gasteiger partial charge in [0.25, 0.3) is 0 Å². The highest BCUT2D eigenvalue weighted by Crippen LogP contribution is 2.36. The van der Waals surface area contributed by atoms with Crippen molar-refractivity contribution >= 4 is 0 Å².